The normalized spacial score (nSPS) is 10.1. The molecule has 0 aliphatic heterocycles. The molecule has 0 heterocycles. The largest absolute Gasteiger partial charge is 0.0622 e. The van der Waals surface area contributed by atoms with Crippen LogP contribution in [0.3, 0.4) is 0 Å². The predicted molar refractivity (Wildman–Crippen MR) is 210 cm³/mol. The molecular weight excluding hydrogens is 779 g/mol. The van der Waals surface area contributed by atoms with Gasteiger partial charge in [-0.3, -0.25) is 0 Å². The third-order valence-electron chi connectivity index (χ3n) is 7.24. The Morgan fingerprint density at radius 2 is 0.680 bits per heavy atom. The quantitative estimate of drug-likeness (QED) is 0.168. The number of hydrogen-bond donors (Lipinski definition) is 0. The molecule has 7 radical (unpaired) electrons. The van der Waals surface area contributed by atoms with Crippen molar-refractivity contribution in [1.82, 2.24) is 0 Å². The van der Waals surface area contributed by atoms with E-state index in [4.69, 9.17) is 0 Å². The molecule has 7 aromatic rings. The first-order valence-electron chi connectivity index (χ1n) is 16.2. The molecule has 0 amide bonds. The van der Waals surface area contributed by atoms with Crippen molar-refractivity contribution in [3.63, 3.8) is 0 Å². The fraction of sp³-hybridized carbons (Fsp3) is 0.0652. The monoisotopic (exact) mass is 820 g/mol. The molecule has 0 bridgehead atoms. The maximum absolute atomic E-state index is 11.6. The van der Waals surface area contributed by atoms with Crippen molar-refractivity contribution >= 4 is 56.9 Å². The first kappa shape index (κ1) is 41.5. The fourth-order valence-electron chi connectivity index (χ4n) is 4.93. The summed E-state index contributed by atoms with van der Waals surface area (Å²) < 4.78 is 3.81. The molecule has 0 aliphatic rings. The summed E-state index contributed by atoms with van der Waals surface area (Å²) in [4.78, 5) is 11.6. The van der Waals surface area contributed by atoms with Gasteiger partial charge in [-0.1, -0.05) is 121 Å². The van der Waals surface area contributed by atoms with Crippen LogP contribution in [0.4, 0.5) is 0 Å². The summed E-state index contributed by atoms with van der Waals surface area (Å²) in [6.45, 7) is 1.77. The Bertz CT molecular complexity index is 1410. The predicted octanol–water partition coefficient (Wildman–Crippen LogP) is 7.11. The number of carboxylic acid groups (broad SMARTS) is 1. The minimum absolute atomic E-state index is 0. The van der Waals surface area contributed by atoms with Gasteiger partial charge in [0, 0.05) is 24.4 Å². The van der Waals surface area contributed by atoms with Crippen LogP contribution in [-0.4, -0.2) is 43.7 Å². The maximum Gasteiger partial charge on any atom is 0 e. The zero-order valence-corrected chi connectivity index (χ0v) is 32.9. The topological polar surface area (TPSA) is 40.1 Å². The summed E-state index contributed by atoms with van der Waals surface area (Å²) in [5.74, 6) is -1.47. The Morgan fingerprint density at radius 3 is 0.840 bits per heavy atom. The van der Waals surface area contributed by atoms with E-state index in [-0.39, 0.29) is 24.4 Å². The van der Waals surface area contributed by atoms with E-state index in [9.17, 15) is 9.90 Å². The van der Waals surface area contributed by atoms with Crippen molar-refractivity contribution in [3.05, 3.63) is 237 Å². The Hall–Kier alpha value is -4.63. The van der Waals surface area contributed by atoms with Gasteiger partial charge in [0.25, 0.3) is 0 Å². The van der Waals surface area contributed by atoms with E-state index < -0.39 is 25.2 Å². The van der Waals surface area contributed by atoms with Crippen molar-refractivity contribution in [2.24, 2.45) is 5.92 Å². The number of hydrogen-bond acceptors (Lipinski definition) is 2. The number of carbonyl (C=O) groups excluding carboxylic acids is 1. The molecule has 1 atom stereocenters. The number of benzene rings is 7. The minimum Gasteiger partial charge on any atom is -0.0622 e. The molecule has 50 heavy (non-hydrogen) atoms. The van der Waals surface area contributed by atoms with Crippen LogP contribution in [0.2, 0.25) is 5.25 Å². The second-order valence-corrected chi connectivity index (χ2v) is 19.0. The van der Waals surface area contributed by atoms with E-state index in [1.165, 1.54) is 13.2 Å². The van der Waals surface area contributed by atoms with Gasteiger partial charge in [-0.05, 0) is 24.3 Å². The van der Waals surface area contributed by atoms with Gasteiger partial charge in [0.1, 0.15) is 0 Å². The third kappa shape index (κ3) is 15.7. The van der Waals surface area contributed by atoms with Gasteiger partial charge in [-0.2, -0.15) is 0 Å². The van der Waals surface area contributed by atoms with Gasteiger partial charge in [0.15, 0.2) is 0 Å². The van der Waals surface area contributed by atoms with E-state index in [0.717, 1.165) is 0 Å². The molecule has 0 aromatic heterocycles. The molecule has 0 saturated carbocycles. The fourth-order valence-corrected chi connectivity index (χ4v) is 15.6. The molecule has 7 rings (SSSR count). The first-order chi connectivity index (χ1) is 24.1. The molecule has 7 aromatic carbocycles. The summed E-state index contributed by atoms with van der Waals surface area (Å²) in [6, 6.07) is 81.2. The number of rotatable bonds is 6. The minimum atomic E-state index is -3.15. The SMILES string of the molecule is CC([CH2][Ge]([c]1ccccc1)([c]1ccccc1)[c]1ccccc1)C(=O)[O-].[Sb].[c]1ccccc1.[c]1ccccc1.[c]1ccccc1.[c]1ccccc1. The Balaban J connectivity index is 0.000000276. The third-order valence-corrected chi connectivity index (χ3v) is 18.1. The molecule has 0 N–H and O–H groups in total. The van der Waals surface area contributed by atoms with Crippen LogP contribution in [0.5, 0.6) is 0 Å². The van der Waals surface area contributed by atoms with Crippen molar-refractivity contribution < 1.29 is 9.90 Å². The molecule has 0 spiro atoms. The molecule has 2 nitrogen and oxygen atoms in total. The van der Waals surface area contributed by atoms with Gasteiger partial charge in [-0.25, -0.2) is 0 Å². The summed E-state index contributed by atoms with van der Waals surface area (Å²) in [6.07, 6.45) is 0. The van der Waals surface area contributed by atoms with Crippen molar-refractivity contribution in [2.75, 3.05) is 0 Å². The number of carboxylic acids is 1. The molecule has 4 heteroatoms. The summed E-state index contributed by atoms with van der Waals surface area (Å²) in [5.41, 5.74) is 0. The Kier molecular flexibility index (Phi) is 21.8. The van der Waals surface area contributed by atoms with Gasteiger partial charge >= 0.3 is 151 Å². The zero-order valence-electron chi connectivity index (χ0n) is 28.3. The van der Waals surface area contributed by atoms with Crippen LogP contribution in [0.15, 0.2) is 212 Å². The molecule has 247 valence electrons. The first-order valence-corrected chi connectivity index (χ1v) is 20.8. The van der Waals surface area contributed by atoms with E-state index in [2.05, 4.69) is 60.7 Å². The van der Waals surface area contributed by atoms with Crippen LogP contribution in [0.1, 0.15) is 6.92 Å². The zero-order chi connectivity index (χ0) is 34.7. The summed E-state index contributed by atoms with van der Waals surface area (Å²) in [7, 11) is 0. The second kappa shape index (κ2) is 26.3. The second-order valence-electron chi connectivity index (χ2n) is 10.7. The van der Waals surface area contributed by atoms with E-state index >= 15 is 0 Å². The molecule has 0 fully saturated rings. The van der Waals surface area contributed by atoms with Crippen molar-refractivity contribution in [1.29, 1.82) is 0 Å². The molecule has 0 aliphatic carbocycles. The van der Waals surface area contributed by atoms with Gasteiger partial charge < -0.3 is 0 Å². The molecule has 0 saturated heterocycles. The van der Waals surface area contributed by atoms with E-state index in [0.29, 0.717) is 5.25 Å². The van der Waals surface area contributed by atoms with Gasteiger partial charge in [-0.15, -0.1) is 0 Å². The average molecular weight is 820 g/mol. The van der Waals surface area contributed by atoms with Crippen LogP contribution in [-0.2, 0) is 4.79 Å². The van der Waals surface area contributed by atoms with Crippen molar-refractivity contribution in [3.8, 4) is 0 Å². The Labute approximate surface area is 319 Å². The molecule has 1 unspecified atom stereocenters. The smallest absolute Gasteiger partial charge is 0 e. The van der Waals surface area contributed by atoms with E-state index in [1.54, 1.807) is 6.92 Å². The number of carbonyl (C=O) groups is 1. The number of aliphatic carboxylic acids is 1. The van der Waals surface area contributed by atoms with Crippen LogP contribution in [0.25, 0.3) is 0 Å². The summed E-state index contributed by atoms with van der Waals surface area (Å²) in [5, 5.41) is 12.2. The average Bonchev–Trinajstić information content (AvgIpc) is 3.21. The van der Waals surface area contributed by atoms with Gasteiger partial charge in [0.2, 0.25) is 0 Å². The van der Waals surface area contributed by atoms with Crippen LogP contribution < -0.4 is 18.3 Å². The van der Waals surface area contributed by atoms with E-state index in [1.807, 2.05) is 176 Å². The van der Waals surface area contributed by atoms with Gasteiger partial charge in [0.05, 0.1) is 0 Å². The van der Waals surface area contributed by atoms with Crippen LogP contribution >= 0.6 is 0 Å². The van der Waals surface area contributed by atoms with Crippen molar-refractivity contribution in [2.45, 2.75) is 12.2 Å². The standard InChI is InChI=1S/C22H22GeO2.4C6H5.Sb/c1-18(22(24)25)17-23(19-11-5-2-6-12-19,20-13-7-3-8-14-20)21-15-9-4-10-16-21;4*1-2-4-6-5-3-1;/h2-16,18H,17H2,1H3,(H,24,25);4*1-5H;/p-1. The maximum atomic E-state index is 11.6. The van der Waals surface area contributed by atoms with Crippen LogP contribution in [0, 0.1) is 30.2 Å². The Morgan fingerprint density at radius 1 is 0.460 bits per heavy atom. The molecular formula is C46H41GeO2Sb-. The summed E-state index contributed by atoms with van der Waals surface area (Å²) >= 11 is -3.15.